The first-order valence-electron chi connectivity index (χ1n) is 6.57. The Bertz CT molecular complexity index is 471. The van der Waals surface area contributed by atoms with E-state index in [0.29, 0.717) is 5.41 Å². The van der Waals surface area contributed by atoms with Crippen LogP contribution in [0.4, 0.5) is 5.82 Å². The molecule has 0 bridgehead atoms. The van der Waals surface area contributed by atoms with E-state index in [4.69, 9.17) is 5.11 Å². The number of aromatic carboxylic acids is 1. The first-order valence-corrected chi connectivity index (χ1v) is 7.72. The number of thioether (sulfide) groups is 1. The normalized spacial score (nSPS) is 26.8. The van der Waals surface area contributed by atoms with Gasteiger partial charge in [-0.1, -0.05) is 0 Å². The van der Waals surface area contributed by atoms with Gasteiger partial charge in [-0.2, -0.15) is 11.8 Å². The van der Waals surface area contributed by atoms with E-state index in [1.807, 2.05) is 11.8 Å². The van der Waals surface area contributed by atoms with E-state index in [1.54, 1.807) is 6.20 Å². The average molecular weight is 279 g/mol. The predicted molar refractivity (Wildman–Crippen MR) is 74.8 cm³/mol. The molecule has 1 aromatic rings. The average Bonchev–Trinajstić information content (AvgIpc) is 2.87. The molecule has 0 radical (unpaired) electrons. The zero-order valence-electron chi connectivity index (χ0n) is 10.7. The number of hydrogen-bond donors (Lipinski definition) is 1. The minimum atomic E-state index is -1.03. The van der Waals surface area contributed by atoms with E-state index < -0.39 is 5.97 Å². The van der Waals surface area contributed by atoms with Crippen molar-refractivity contribution in [2.24, 2.45) is 5.41 Å². The lowest BCUT2D eigenvalue weighted by Gasteiger charge is -2.40. The van der Waals surface area contributed by atoms with Crippen LogP contribution in [0.5, 0.6) is 0 Å². The third-order valence-corrected chi connectivity index (χ3v) is 5.34. The number of nitrogens with zero attached hydrogens (tertiary/aromatic N) is 3. The van der Waals surface area contributed by atoms with Crippen LogP contribution in [0, 0.1) is 5.41 Å². The monoisotopic (exact) mass is 279 g/mol. The van der Waals surface area contributed by atoms with E-state index >= 15 is 0 Å². The number of carboxylic acids is 1. The summed E-state index contributed by atoms with van der Waals surface area (Å²) in [5.41, 5.74) is 0.447. The molecule has 1 spiro atoms. The number of carbonyl (C=O) groups is 1. The zero-order valence-corrected chi connectivity index (χ0v) is 11.5. The second-order valence-corrected chi connectivity index (χ2v) is 6.50. The van der Waals surface area contributed by atoms with Gasteiger partial charge in [0, 0.05) is 18.8 Å². The molecule has 3 rings (SSSR count). The highest BCUT2D eigenvalue weighted by Crippen LogP contribution is 2.43. The topological polar surface area (TPSA) is 66.3 Å². The Morgan fingerprint density at radius 2 is 2.26 bits per heavy atom. The number of rotatable bonds is 2. The molecule has 0 aromatic carbocycles. The van der Waals surface area contributed by atoms with Crippen LogP contribution < -0.4 is 4.90 Å². The van der Waals surface area contributed by atoms with Gasteiger partial charge in [0.25, 0.3) is 0 Å². The van der Waals surface area contributed by atoms with Crippen molar-refractivity contribution in [2.45, 2.75) is 19.3 Å². The molecule has 102 valence electrons. The summed E-state index contributed by atoms with van der Waals surface area (Å²) in [6.07, 6.45) is 6.71. The molecule has 19 heavy (non-hydrogen) atoms. The van der Waals surface area contributed by atoms with Gasteiger partial charge in [-0.15, -0.1) is 0 Å². The van der Waals surface area contributed by atoms with E-state index in [1.165, 1.54) is 37.0 Å². The quantitative estimate of drug-likeness (QED) is 0.892. The van der Waals surface area contributed by atoms with Crippen molar-refractivity contribution < 1.29 is 9.90 Å². The molecule has 1 aromatic heterocycles. The lowest BCUT2D eigenvalue weighted by atomic mass is 9.79. The van der Waals surface area contributed by atoms with Gasteiger partial charge in [-0.25, -0.2) is 14.8 Å². The van der Waals surface area contributed by atoms with Crippen molar-refractivity contribution in [2.75, 3.05) is 29.5 Å². The van der Waals surface area contributed by atoms with Crippen LogP contribution >= 0.6 is 11.8 Å². The van der Waals surface area contributed by atoms with E-state index in [9.17, 15) is 4.79 Å². The van der Waals surface area contributed by atoms with Crippen LogP contribution in [-0.4, -0.2) is 45.6 Å². The van der Waals surface area contributed by atoms with E-state index in [0.717, 1.165) is 18.9 Å². The zero-order chi connectivity index (χ0) is 13.3. The number of aromatic nitrogens is 2. The largest absolute Gasteiger partial charge is 0.476 e. The highest BCUT2D eigenvalue weighted by atomic mass is 32.2. The predicted octanol–water partition coefficient (Wildman–Crippen LogP) is 1.90. The summed E-state index contributed by atoms with van der Waals surface area (Å²) in [4.78, 5) is 21.2. The third kappa shape index (κ3) is 2.54. The Morgan fingerprint density at radius 1 is 1.37 bits per heavy atom. The van der Waals surface area contributed by atoms with Crippen LogP contribution in [0.25, 0.3) is 0 Å². The van der Waals surface area contributed by atoms with Crippen molar-refractivity contribution >= 4 is 23.5 Å². The summed E-state index contributed by atoms with van der Waals surface area (Å²) >= 11 is 2.04. The molecule has 0 amide bonds. The van der Waals surface area contributed by atoms with E-state index in [2.05, 4.69) is 14.9 Å². The summed E-state index contributed by atoms with van der Waals surface area (Å²) in [6, 6.07) is 0. The van der Waals surface area contributed by atoms with Gasteiger partial charge in [-0.05, 0) is 30.4 Å². The maximum atomic E-state index is 10.8. The molecule has 2 fully saturated rings. The van der Waals surface area contributed by atoms with Gasteiger partial charge < -0.3 is 10.0 Å². The lowest BCUT2D eigenvalue weighted by Crippen LogP contribution is -2.43. The van der Waals surface area contributed by atoms with Gasteiger partial charge in [-0.3, -0.25) is 0 Å². The lowest BCUT2D eigenvalue weighted by molar-refractivity contribution is 0.0690. The number of anilines is 1. The summed E-state index contributed by atoms with van der Waals surface area (Å²) in [7, 11) is 0. The van der Waals surface area contributed by atoms with Gasteiger partial charge in [0.1, 0.15) is 5.82 Å². The summed E-state index contributed by atoms with van der Waals surface area (Å²) in [5, 5.41) is 8.83. The van der Waals surface area contributed by atoms with Crippen molar-refractivity contribution in [1.29, 1.82) is 0 Å². The Labute approximate surface area is 116 Å². The Balaban J connectivity index is 1.76. The summed E-state index contributed by atoms with van der Waals surface area (Å²) in [6.45, 7) is 2.02. The molecule has 1 atom stereocenters. The highest BCUT2D eigenvalue weighted by Gasteiger charge is 2.38. The molecule has 2 aliphatic rings. The van der Waals surface area contributed by atoms with Gasteiger partial charge in [0.2, 0.25) is 0 Å². The van der Waals surface area contributed by atoms with Crippen molar-refractivity contribution in [3.8, 4) is 0 Å². The van der Waals surface area contributed by atoms with Crippen LogP contribution in [0.2, 0.25) is 0 Å². The number of carboxylic acid groups (broad SMARTS) is 1. The van der Waals surface area contributed by atoms with Crippen molar-refractivity contribution in [3.63, 3.8) is 0 Å². The van der Waals surface area contributed by atoms with Crippen molar-refractivity contribution in [1.82, 2.24) is 9.97 Å². The molecule has 1 N–H and O–H groups in total. The Kier molecular flexibility index (Phi) is 3.35. The minimum Gasteiger partial charge on any atom is -0.476 e. The smallest absolute Gasteiger partial charge is 0.356 e. The van der Waals surface area contributed by atoms with Crippen LogP contribution in [0.1, 0.15) is 29.8 Å². The summed E-state index contributed by atoms with van der Waals surface area (Å²) < 4.78 is 0. The number of hydrogen-bond acceptors (Lipinski definition) is 5. The SMILES string of the molecule is O=C(O)c1cnc(N2CCCC3(CCSC3)C2)cn1. The molecule has 5 nitrogen and oxygen atoms in total. The minimum absolute atomic E-state index is 0.00638. The fraction of sp³-hybridized carbons (Fsp3) is 0.615. The molecule has 2 saturated heterocycles. The fourth-order valence-corrected chi connectivity index (χ4v) is 4.50. The summed E-state index contributed by atoms with van der Waals surface area (Å²) in [5.74, 6) is 2.28. The highest BCUT2D eigenvalue weighted by molar-refractivity contribution is 7.99. The Hall–Kier alpha value is -1.30. The first kappa shape index (κ1) is 12.7. The van der Waals surface area contributed by atoms with Gasteiger partial charge in [0.05, 0.1) is 12.4 Å². The third-order valence-electron chi connectivity index (χ3n) is 4.03. The molecule has 0 saturated carbocycles. The fourth-order valence-electron chi connectivity index (χ4n) is 2.97. The van der Waals surface area contributed by atoms with Crippen LogP contribution in [-0.2, 0) is 0 Å². The first-order chi connectivity index (χ1) is 9.19. The van der Waals surface area contributed by atoms with Gasteiger partial charge in [0.15, 0.2) is 5.69 Å². The standard InChI is InChI=1S/C13H17N3O2S/c17-12(18)10-6-15-11(7-14-10)16-4-1-2-13(8-16)3-5-19-9-13/h6-7H,1-5,8-9H2,(H,17,18). The molecule has 1 unspecified atom stereocenters. The molecular weight excluding hydrogens is 262 g/mol. The van der Waals surface area contributed by atoms with Crippen LogP contribution in [0.15, 0.2) is 12.4 Å². The molecule has 0 aliphatic carbocycles. The van der Waals surface area contributed by atoms with Crippen LogP contribution in [0.3, 0.4) is 0 Å². The van der Waals surface area contributed by atoms with Gasteiger partial charge >= 0.3 is 5.97 Å². The second-order valence-electron chi connectivity index (χ2n) is 5.39. The molecule has 3 heterocycles. The second kappa shape index (κ2) is 5.00. The maximum Gasteiger partial charge on any atom is 0.356 e. The maximum absolute atomic E-state index is 10.8. The molecule has 2 aliphatic heterocycles. The Morgan fingerprint density at radius 3 is 2.89 bits per heavy atom. The number of piperidine rings is 1. The van der Waals surface area contributed by atoms with Crippen molar-refractivity contribution in [3.05, 3.63) is 18.1 Å². The molecule has 6 heteroatoms. The van der Waals surface area contributed by atoms with E-state index in [-0.39, 0.29) is 5.69 Å². The molecular formula is C13H17N3O2S.